The van der Waals surface area contributed by atoms with Gasteiger partial charge in [-0.15, -0.1) is 11.6 Å². The van der Waals surface area contributed by atoms with E-state index in [1.165, 1.54) is 4.90 Å². The summed E-state index contributed by atoms with van der Waals surface area (Å²) in [5.74, 6) is 0.518. The average Bonchev–Trinajstić information content (AvgIpc) is 3.14. The summed E-state index contributed by atoms with van der Waals surface area (Å²) in [5.41, 5.74) is 3.49. The molecule has 7 heteroatoms. The van der Waals surface area contributed by atoms with Crippen LogP contribution in [0, 0.1) is 0 Å². The van der Waals surface area contributed by atoms with Crippen LogP contribution in [0.2, 0.25) is 0 Å². The topological polar surface area (TPSA) is 63.7 Å². The number of hydrogen-bond donors (Lipinski definition) is 0. The van der Waals surface area contributed by atoms with Crippen LogP contribution in [0.1, 0.15) is 22.3 Å². The zero-order valence-electron chi connectivity index (χ0n) is 18.3. The summed E-state index contributed by atoms with van der Waals surface area (Å²) in [5, 5.41) is -0.281. The summed E-state index contributed by atoms with van der Waals surface area (Å²) >= 11 is 6.58. The van der Waals surface area contributed by atoms with E-state index in [1.807, 2.05) is 42.5 Å². The Hall–Kier alpha value is -3.35. The third kappa shape index (κ3) is 5.76. The second-order valence-corrected chi connectivity index (χ2v) is 8.97. The molecule has 34 heavy (non-hydrogen) atoms. The number of hydrogen-bond acceptors (Lipinski definition) is 5. The summed E-state index contributed by atoms with van der Waals surface area (Å²) in [6.07, 6.45) is 2.24. The molecule has 1 aliphatic rings. The number of carbonyl (C=O) groups excluding carboxylic acids is 3. The van der Waals surface area contributed by atoms with Gasteiger partial charge in [0.15, 0.2) is 12.4 Å². The van der Waals surface area contributed by atoms with Gasteiger partial charge in [-0.1, -0.05) is 66.7 Å². The minimum atomic E-state index is -0.302. The number of benzene rings is 3. The highest BCUT2D eigenvalue weighted by Crippen LogP contribution is 2.32. The van der Waals surface area contributed by atoms with Crippen molar-refractivity contribution < 1.29 is 19.1 Å². The Labute approximate surface area is 207 Å². The molecule has 0 aromatic heterocycles. The maximum atomic E-state index is 12.5. The van der Waals surface area contributed by atoms with E-state index in [4.69, 9.17) is 16.3 Å². The van der Waals surface area contributed by atoms with Gasteiger partial charge in [-0.2, -0.15) is 0 Å². The van der Waals surface area contributed by atoms with Crippen molar-refractivity contribution in [3.05, 3.63) is 94.9 Å². The lowest BCUT2D eigenvalue weighted by Crippen LogP contribution is -2.29. The maximum Gasteiger partial charge on any atom is 0.293 e. The molecule has 3 aromatic rings. The molecule has 5 nitrogen and oxygen atoms in total. The molecule has 0 bridgehead atoms. The van der Waals surface area contributed by atoms with Gasteiger partial charge in [0.05, 0.1) is 4.91 Å². The Morgan fingerprint density at radius 3 is 2.26 bits per heavy atom. The lowest BCUT2D eigenvalue weighted by molar-refractivity contribution is -0.122. The highest BCUT2D eigenvalue weighted by atomic mass is 35.5. The van der Waals surface area contributed by atoms with Crippen LogP contribution < -0.4 is 4.74 Å². The van der Waals surface area contributed by atoms with Crippen molar-refractivity contribution in [3.8, 4) is 16.9 Å². The highest BCUT2D eigenvalue weighted by molar-refractivity contribution is 8.18. The van der Waals surface area contributed by atoms with Crippen molar-refractivity contribution in [1.82, 2.24) is 4.90 Å². The summed E-state index contributed by atoms with van der Waals surface area (Å²) < 4.78 is 5.64. The van der Waals surface area contributed by atoms with Gasteiger partial charge < -0.3 is 4.74 Å². The Morgan fingerprint density at radius 2 is 1.59 bits per heavy atom. The van der Waals surface area contributed by atoms with Crippen LogP contribution in [0.5, 0.6) is 5.75 Å². The van der Waals surface area contributed by atoms with E-state index >= 15 is 0 Å². The number of ether oxygens (including phenoxy) is 1. The van der Waals surface area contributed by atoms with Gasteiger partial charge in [-0.05, 0) is 53.1 Å². The van der Waals surface area contributed by atoms with Crippen molar-refractivity contribution >= 4 is 46.4 Å². The monoisotopic (exact) mass is 491 g/mol. The molecule has 0 N–H and O–H groups in total. The van der Waals surface area contributed by atoms with Gasteiger partial charge in [0.1, 0.15) is 5.75 Å². The van der Waals surface area contributed by atoms with Crippen molar-refractivity contribution in [3.63, 3.8) is 0 Å². The first-order valence-corrected chi connectivity index (χ1v) is 12.1. The van der Waals surface area contributed by atoms with Crippen molar-refractivity contribution in [2.75, 3.05) is 19.0 Å². The minimum Gasteiger partial charge on any atom is -0.485 e. The zero-order valence-corrected chi connectivity index (χ0v) is 19.9. The minimum absolute atomic E-state index is 0.0799. The fourth-order valence-corrected chi connectivity index (χ4v) is 4.42. The molecule has 0 spiro atoms. The summed E-state index contributed by atoms with van der Waals surface area (Å²) in [6, 6.07) is 24.4. The van der Waals surface area contributed by atoms with Crippen LogP contribution in [-0.2, 0) is 4.79 Å². The number of alkyl halides is 1. The molecule has 0 radical (unpaired) electrons. The molecular weight excluding hydrogens is 470 g/mol. The predicted octanol–water partition coefficient (Wildman–Crippen LogP) is 6.28. The van der Waals surface area contributed by atoms with E-state index in [2.05, 4.69) is 0 Å². The first-order chi connectivity index (χ1) is 16.5. The quantitative estimate of drug-likeness (QED) is 0.200. The first kappa shape index (κ1) is 23.8. The van der Waals surface area contributed by atoms with Gasteiger partial charge in [0, 0.05) is 18.0 Å². The van der Waals surface area contributed by atoms with Crippen LogP contribution in [0.25, 0.3) is 17.2 Å². The molecule has 1 aliphatic heterocycles. The van der Waals surface area contributed by atoms with E-state index in [-0.39, 0.29) is 23.5 Å². The van der Waals surface area contributed by atoms with Gasteiger partial charge in [0.25, 0.3) is 11.1 Å². The number of halogens is 1. The molecule has 2 amide bonds. The van der Waals surface area contributed by atoms with Crippen molar-refractivity contribution in [2.24, 2.45) is 0 Å². The third-order valence-corrected chi connectivity index (χ3v) is 6.43. The van der Waals surface area contributed by atoms with E-state index < -0.39 is 0 Å². The second-order valence-electron chi connectivity index (χ2n) is 7.60. The number of nitrogens with zero attached hydrogens (tertiary/aromatic N) is 1. The van der Waals surface area contributed by atoms with Crippen LogP contribution in [0.3, 0.4) is 0 Å². The Balaban J connectivity index is 1.33. The number of amides is 2. The molecule has 0 atom stereocenters. The van der Waals surface area contributed by atoms with E-state index in [1.54, 1.807) is 42.5 Å². The normalized spacial score (nSPS) is 14.6. The molecule has 0 unspecified atom stereocenters. The van der Waals surface area contributed by atoms with E-state index in [0.717, 1.165) is 28.5 Å². The number of ketones is 1. The standard InChI is InChI=1S/C27H22ClNO4S/c28-15-4-16-29-26(31)25(34-27(29)32)17-19-7-13-23(14-8-19)33-18-24(30)22-11-9-21(10-12-22)20-5-2-1-3-6-20/h1-3,5-14,17H,4,15-16,18H2/b25-17-. The fourth-order valence-electron chi connectivity index (χ4n) is 3.43. The first-order valence-electron chi connectivity index (χ1n) is 10.8. The molecular formula is C27H22ClNO4S. The predicted molar refractivity (Wildman–Crippen MR) is 136 cm³/mol. The Kier molecular flexibility index (Phi) is 7.83. The lowest BCUT2D eigenvalue weighted by atomic mass is 10.0. The smallest absolute Gasteiger partial charge is 0.293 e. The largest absolute Gasteiger partial charge is 0.485 e. The molecule has 1 saturated heterocycles. The molecule has 1 fully saturated rings. The number of rotatable bonds is 9. The van der Waals surface area contributed by atoms with E-state index in [0.29, 0.717) is 35.1 Å². The summed E-state index contributed by atoms with van der Waals surface area (Å²) in [7, 11) is 0. The molecule has 172 valence electrons. The van der Waals surface area contributed by atoms with Crippen molar-refractivity contribution in [1.29, 1.82) is 0 Å². The zero-order chi connectivity index (χ0) is 23.9. The number of thioether (sulfide) groups is 1. The molecule has 1 heterocycles. The average molecular weight is 492 g/mol. The summed E-state index contributed by atoms with van der Waals surface area (Å²) in [4.78, 5) is 38.6. The van der Waals surface area contributed by atoms with Gasteiger partial charge in [0.2, 0.25) is 0 Å². The SMILES string of the molecule is O=C(COc1ccc(/C=C2\SC(=O)N(CCCCl)C2=O)cc1)c1ccc(-c2ccccc2)cc1. The summed E-state index contributed by atoms with van der Waals surface area (Å²) in [6.45, 7) is 0.241. The number of imide groups is 1. The van der Waals surface area contributed by atoms with E-state index in [9.17, 15) is 14.4 Å². The second kappa shape index (κ2) is 11.2. The van der Waals surface area contributed by atoms with Crippen LogP contribution in [0.15, 0.2) is 83.8 Å². The van der Waals surface area contributed by atoms with Gasteiger partial charge >= 0.3 is 0 Å². The van der Waals surface area contributed by atoms with Crippen LogP contribution in [0.4, 0.5) is 4.79 Å². The molecule has 4 rings (SSSR count). The number of Topliss-reactive ketones (excluding diaryl/α,β-unsaturated/α-hetero) is 1. The van der Waals surface area contributed by atoms with Gasteiger partial charge in [-0.25, -0.2) is 0 Å². The third-order valence-electron chi connectivity index (χ3n) is 5.25. The Morgan fingerprint density at radius 1 is 0.912 bits per heavy atom. The lowest BCUT2D eigenvalue weighted by Gasteiger charge is -2.10. The molecule has 3 aromatic carbocycles. The van der Waals surface area contributed by atoms with Crippen molar-refractivity contribution in [2.45, 2.75) is 6.42 Å². The van der Waals surface area contributed by atoms with Crippen LogP contribution in [-0.4, -0.2) is 40.9 Å². The van der Waals surface area contributed by atoms with Gasteiger partial charge in [-0.3, -0.25) is 19.3 Å². The molecule has 0 saturated carbocycles. The maximum absolute atomic E-state index is 12.5. The fraction of sp³-hybridized carbons (Fsp3) is 0.148. The highest BCUT2D eigenvalue weighted by Gasteiger charge is 2.34. The molecule has 0 aliphatic carbocycles. The number of carbonyl (C=O) groups is 3. The Bertz CT molecular complexity index is 1210. The van der Waals surface area contributed by atoms with Crippen LogP contribution >= 0.6 is 23.4 Å².